The van der Waals surface area contributed by atoms with E-state index in [1.807, 2.05) is 26.8 Å². The molecule has 2 aliphatic carbocycles. The van der Waals surface area contributed by atoms with Gasteiger partial charge in [0.25, 0.3) is 0 Å². The molecule has 13 atom stereocenters. The van der Waals surface area contributed by atoms with Gasteiger partial charge in [-0.1, -0.05) is 19.9 Å². The summed E-state index contributed by atoms with van der Waals surface area (Å²) < 4.78 is 24.1. The van der Waals surface area contributed by atoms with E-state index in [9.17, 15) is 24.9 Å². The number of aliphatic hydroxyl groups excluding tert-OH is 3. The Morgan fingerprint density at radius 1 is 1.26 bits per heavy atom. The number of aromatic nitrogens is 1. The van der Waals surface area contributed by atoms with Crippen molar-refractivity contribution < 1.29 is 43.9 Å². The first-order valence-corrected chi connectivity index (χ1v) is 13.5. The largest absolute Gasteiger partial charge is 0.457 e. The Hall–Kier alpha value is -2.24. The number of hydrogen-bond acceptors (Lipinski definition) is 9. The lowest BCUT2D eigenvalue weighted by Crippen LogP contribution is -2.62. The highest BCUT2D eigenvalue weighted by Gasteiger charge is 2.72. The molecule has 0 radical (unpaired) electrons. The van der Waals surface area contributed by atoms with Crippen LogP contribution in [0, 0.1) is 29.6 Å². The molecule has 38 heavy (non-hydrogen) atoms. The van der Waals surface area contributed by atoms with Gasteiger partial charge in [-0.2, -0.15) is 0 Å². The number of cyclic esters (lactones) is 1. The number of hydrogen-bond donors (Lipinski definition) is 4. The van der Waals surface area contributed by atoms with Crippen LogP contribution in [0.4, 0.5) is 0 Å². The van der Waals surface area contributed by atoms with Gasteiger partial charge >= 0.3 is 11.9 Å². The zero-order valence-electron chi connectivity index (χ0n) is 22.4. The SMILES string of the molecule is CO[C@H]1C[C@H]2C[C@H](O)[C@H]3[C@H]4O[C@]2(/C(C)=C/[C@@H](C)[C@@H]([C@@H](C)O)OC1=O)[C@@H]3[C@H](O)[C@@H](C)[C@H]4OC(=O)c1ccc[nH]1. The summed E-state index contributed by atoms with van der Waals surface area (Å²) in [7, 11) is 1.43. The number of H-pyrrole nitrogens is 1. The van der Waals surface area contributed by atoms with Gasteiger partial charge in [0, 0.05) is 37.0 Å². The van der Waals surface area contributed by atoms with Crippen molar-refractivity contribution in [2.75, 3.05) is 7.11 Å². The van der Waals surface area contributed by atoms with E-state index in [0.29, 0.717) is 12.1 Å². The highest BCUT2D eigenvalue weighted by Crippen LogP contribution is 2.63. The van der Waals surface area contributed by atoms with Crippen LogP contribution in [0.15, 0.2) is 30.0 Å². The van der Waals surface area contributed by atoms with Gasteiger partial charge in [-0.15, -0.1) is 0 Å². The number of aromatic amines is 1. The van der Waals surface area contributed by atoms with Crippen LogP contribution in [0.2, 0.25) is 0 Å². The molecule has 210 valence electrons. The van der Waals surface area contributed by atoms with E-state index in [1.54, 1.807) is 25.3 Å². The standard InChI is InChI=1S/C28H39NO9/c1-12-9-13(2)28-16(11-19(35-5)27(34)36-23(12)15(4)30)10-18(31)20-21(28)22(32)14(3)24(25(20)38-28)37-26(33)17-7-6-8-29-17/h6-9,12,14-16,18-25,29-32H,10-11H2,1-5H3/b13-9+/t12-,14-,15-,16-,18+,19+,20-,21+,22-,23+,24-,25-,28+/m1/s1. The van der Waals surface area contributed by atoms with Crippen LogP contribution in [0.1, 0.15) is 51.0 Å². The normalized spacial score (nSPS) is 46.8. The van der Waals surface area contributed by atoms with Crippen molar-refractivity contribution in [2.45, 2.75) is 88.9 Å². The number of carbonyl (C=O) groups excluding carboxylic acids is 2. The maximum Gasteiger partial charge on any atom is 0.355 e. The minimum Gasteiger partial charge on any atom is -0.457 e. The van der Waals surface area contributed by atoms with Gasteiger partial charge in [0.05, 0.1) is 23.9 Å². The molecule has 4 bridgehead atoms. The smallest absolute Gasteiger partial charge is 0.355 e. The van der Waals surface area contributed by atoms with Crippen LogP contribution in [-0.2, 0) is 23.7 Å². The van der Waals surface area contributed by atoms with E-state index < -0.39 is 78.0 Å². The fourth-order valence-corrected chi connectivity index (χ4v) is 7.70. The van der Waals surface area contributed by atoms with Gasteiger partial charge < -0.3 is 39.3 Å². The number of ether oxygens (including phenoxy) is 4. The molecule has 3 fully saturated rings. The third kappa shape index (κ3) is 4.12. The molecule has 4 aliphatic rings. The van der Waals surface area contributed by atoms with Crippen LogP contribution < -0.4 is 0 Å². The molecule has 4 N–H and O–H groups in total. The lowest BCUT2D eigenvalue weighted by molar-refractivity contribution is -0.174. The summed E-state index contributed by atoms with van der Waals surface area (Å²) in [6.45, 7) is 7.20. The highest BCUT2D eigenvalue weighted by atomic mass is 16.6. The summed E-state index contributed by atoms with van der Waals surface area (Å²) >= 11 is 0. The van der Waals surface area contributed by atoms with Gasteiger partial charge in [0.2, 0.25) is 0 Å². The maximum absolute atomic E-state index is 13.1. The minimum absolute atomic E-state index is 0.197. The average molecular weight is 534 g/mol. The zero-order valence-corrected chi connectivity index (χ0v) is 22.4. The van der Waals surface area contributed by atoms with Crippen molar-refractivity contribution in [3.8, 4) is 0 Å². The first-order valence-electron chi connectivity index (χ1n) is 13.5. The van der Waals surface area contributed by atoms with Crippen LogP contribution in [0.5, 0.6) is 0 Å². The summed E-state index contributed by atoms with van der Waals surface area (Å²) in [5.41, 5.74) is 0.0999. The predicted molar refractivity (Wildman–Crippen MR) is 134 cm³/mol. The van der Waals surface area contributed by atoms with Crippen molar-refractivity contribution >= 4 is 11.9 Å². The second kappa shape index (κ2) is 10.1. The molecule has 10 heteroatoms. The van der Waals surface area contributed by atoms with E-state index in [2.05, 4.69) is 4.98 Å². The molecule has 1 saturated heterocycles. The van der Waals surface area contributed by atoms with Gasteiger partial charge in [0.1, 0.15) is 24.0 Å². The van der Waals surface area contributed by atoms with E-state index in [1.165, 1.54) is 7.11 Å². The second-order valence-corrected chi connectivity index (χ2v) is 11.6. The fourth-order valence-electron chi connectivity index (χ4n) is 7.70. The molecule has 2 aliphatic heterocycles. The summed E-state index contributed by atoms with van der Waals surface area (Å²) in [4.78, 5) is 28.9. The Kier molecular flexibility index (Phi) is 7.23. The summed E-state index contributed by atoms with van der Waals surface area (Å²) in [5.74, 6) is -3.31. The number of methoxy groups -OCH3 is 1. The van der Waals surface area contributed by atoms with Gasteiger partial charge in [0.15, 0.2) is 6.10 Å². The molecular weight excluding hydrogens is 494 g/mol. The van der Waals surface area contributed by atoms with Gasteiger partial charge in [-0.3, -0.25) is 0 Å². The maximum atomic E-state index is 13.1. The molecule has 1 aromatic heterocycles. The predicted octanol–water partition coefficient (Wildman–Crippen LogP) is 1.60. The van der Waals surface area contributed by atoms with Crippen LogP contribution in [0.3, 0.4) is 0 Å². The molecule has 1 spiro atoms. The van der Waals surface area contributed by atoms with Crippen LogP contribution in [0.25, 0.3) is 0 Å². The quantitative estimate of drug-likeness (QED) is 0.335. The molecule has 5 rings (SSSR count). The van der Waals surface area contributed by atoms with Gasteiger partial charge in [-0.05, 0) is 50.3 Å². The first kappa shape index (κ1) is 27.3. The average Bonchev–Trinajstić information content (AvgIpc) is 3.49. The van der Waals surface area contributed by atoms with Crippen molar-refractivity contribution in [3.63, 3.8) is 0 Å². The molecule has 10 nitrogen and oxygen atoms in total. The number of esters is 2. The topological polar surface area (TPSA) is 148 Å². The number of rotatable bonds is 4. The monoisotopic (exact) mass is 533 g/mol. The lowest BCUT2D eigenvalue weighted by Gasteiger charge is -2.52. The number of nitrogens with one attached hydrogen (secondary N) is 1. The molecule has 1 aromatic rings. The fraction of sp³-hybridized carbons (Fsp3) is 0.714. The third-order valence-electron chi connectivity index (χ3n) is 9.43. The van der Waals surface area contributed by atoms with Crippen LogP contribution in [-0.4, -0.2) is 87.7 Å². The Morgan fingerprint density at radius 2 is 2.00 bits per heavy atom. The molecule has 3 heterocycles. The Bertz CT molecular complexity index is 1070. The zero-order chi connectivity index (χ0) is 27.5. The Morgan fingerprint density at radius 3 is 2.63 bits per heavy atom. The first-order chi connectivity index (χ1) is 18.0. The van der Waals surface area contributed by atoms with Crippen molar-refractivity contribution in [1.29, 1.82) is 0 Å². The number of carbonyl (C=O) groups is 2. The van der Waals surface area contributed by atoms with Crippen molar-refractivity contribution in [1.82, 2.24) is 4.98 Å². The molecule has 2 saturated carbocycles. The molecule has 0 unspecified atom stereocenters. The van der Waals surface area contributed by atoms with Crippen molar-refractivity contribution in [2.24, 2.45) is 29.6 Å². The minimum atomic E-state index is -1.03. The third-order valence-corrected chi connectivity index (χ3v) is 9.43. The summed E-state index contributed by atoms with van der Waals surface area (Å²) in [5, 5.41) is 33.5. The van der Waals surface area contributed by atoms with E-state index in [-0.39, 0.29) is 18.3 Å². The molecule has 0 aromatic carbocycles. The highest BCUT2D eigenvalue weighted by molar-refractivity contribution is 5.87. The second-order valence-electron chi connectivity index (χ2n) is 11.6. The Balaban J connectivity index is 1.60. The lowest BCUT2D eigenvalue weighted by atomic mass is 9.54. The summed E-state index contributed by atoms with van der Waals surface area (Å²) in [6.07, 6.45) is -1.80. The molecular formula is C28H39NO9. The van der Waals surface area contributed by atoms with E-state index in [4.69, 9.17) is 18.9 Å². The van der Waals surface area contributed by atoms with E-state index in [0.717, 1.165) is 5.57 Å². The van der Waals surface area contributed by atoms with Crippen LogP contribution >= 0.6 is 0 Å². The molecule has 0 amide bonds. The summed E-state index contributed by atoms with van der Waals surface area (Å²) in [6, 6.07) is 3.32. The number of aliphatic hydroxyl groups is 3. The van der Waals surface area contributed by atoms with Gasteiger partial charge in [-0.25, -0.2) is 9.59 Å². The van der Waals surface area contributed by atoms with E-state index >= 15 is 0 Å². The Labute approximate surface area is 222 Å². The van der Waals surface area contributed by atoms with Crippen molar-refractivity contribution in [3.05, 3.63) is 35.7 Å².